The summed E-state index contributed by atoms with van der Waals surface area (Å²) in [6.45, 7) is 11.6. The van der Waals surface area contributed by atoms with Crippen LogP contribution < -0.4 is 10.6 Å². The molecule has 0 radical (unpaired) electrons. The number of ether oxygens (including phenoxy) is 7. The molecule has 26 heteroatoms. The molecular formula is C90H133N3O22P+. The lowest BCUT2D eigenvalue weighted by Gasteiger charge is -2.67. The highest BCUT2D eigenvalue weighted by atomic mass is 31.2. The number of unbranched alkanes of at least 4 members (excludes halogenated alkanes) is 23. The molecule has 5 N–H and O–H groups in total. The van der Waals surface area contributed by atoms with Crippen molar-refractivity contribution in [3.8, 4) is 0 Å². The van der Waals surface area contributed by atoms with Gasteiger partial charge in [0, 0.05) is 44.1 Å². The number of Topliss-reactive ketones (excluding diaryl/α,β-unsaturated/α-hetero) is 1. The maximum atomic E-state index is 16.1. The zero-order valence-corrected chi connectivity index (χ0v) is 71.5. The first-order chi connectivity index (χ1) is 55.2. The fraction of sp³-hybridized carbons (Fsp3) is 0.656. The fourth-order valence-electron chi connectivity index (χ4n) is 16.8. The molecule has 1 saturated heterocycles. The summed E-state index contributed by atoms with van der Waals surface area (Å²) >= 11 is 0. The van der Waals surface area contributed by atoms with Gasteiger partial charge < -0.3 is 63.4 Å². The van der Waals surface area contributed by atoms with E-state index in [1.165, 1.54) is 135 Å². The Balaban J connectivity index is 1.22. The number of rotatable bonds is 51. The molecule has 1 heterocycles. The van der Waals surface area contributed by atoms with Gasteiger partial charge in [-0.05, 0) is 80.2 Å². The predicted octanol–water partition coefficient (Wildman–Crippen LogP) is 15.0. The van der Waals surface area contributed by atoms with Crippen LogP contribution in [-0.2, 0) is 80.3 Å². The van der Waals surface area contributed by atoms with Gasteiger partial charge in [0.15, 0.2) is 17.5 Å². The molecule has 7 rings (SSSR count). The molecule has 0 spiro atoms. The van der Waals surface area contributed by atoms with Crippen molar-refractivity contribution in [2.45, 2.75) is 314 Å². The van der Waals surface area contributed by atoms with Crippen LogP contribution in [0.25, 0.3) is 0 Å². The van der Waals surface area contributed by atoms with E-state index in [0.29, 0.717) is 23.9 Å². The standard InChI is InChI=1S/C90H132N3O22P/c1-12-14-16-18-20-22-24-26-28-30-32-34-45-53-70(69(61-109-116(105,106)108-58-57-93(9,10)11)91-74(97)54-46-35-33-31-29-27-25-23-21-19-17-15-13-2)111-75(98)55-56-76(99)113-80(78(66-47-39-36-40-48-66)92-84(101)67-49-41-37-42-50-67)86(103)112-71-60-90(104)83(114-85(102)68-51-43-38-44-52-68)81-88(8,72(96)59-73-89(81,62-107-73)115-65(5)95)82(100)79(110-64(4)94)77(63(71)3)87(90,6)7/h36-45,47-53,69-73,78-81,83,96,104H,12-35,46,54-62H2,1-11H3,(H2-,91,92,97,101,105,106)/p+1/b53-45+/t69-,70+,71-,72-,73+,78-,79+,80+,81-,83-,88+,89-,90+/m0/s1. The summed E-state index contributed by atoms with van der Waals surface area (Å²) < 4.78 is 68.8. The Morgan fingerprint density at radius 3 is 1.68 bits per heavy atom. The normalized spacial score (nSPS) is 23.8. The minimum absolute atomic E-state index is 0.00288. The fourth-order valence-corrected chi connectivity index (χ4v) is 17.5. The second kappa shape index (κ2) is 46.2. The van der Waals surface area contributed by atoms with Gasteiger partial charge in [0.2, 0.25) is 12.0 Å². The molecule has 2 bridgehead atoms. The first-order valence-corrected chi connectivity index (χ1v) is 44.0. The Labute approximate surface area is 687 Å². The number of amides is 2. The van der Waals surface area contributed by atoms with Crippen molar-refractivity contribution in [1.29, 1.82) is 0 Å². The number of likely N-dealkylation sites (N-methyl/N-ethyl adjacent to an activating group) is 1. The van der Waals surface area contributed by atoms with Crippen LogP contribution in [0.3, 0.4) is 0 Å². The molecule has 14 atom stereocenters. The van der Waals surface area contributed by atoms with E-state index in [1.807, 2.05) is 27.2 Å². The lowest BCUT2D eigenvalue weighted by atomic mass is 9.44. The third-order valence-corrected chi connectivity index (χ3v) is 24.5. The number of allylic oxidation sites excluding steroid dienone is 1. The maximum Gasteiger partial charge on any atom is 0.472 e. The van der Waals surface area contributed by atoms with E-state index in [-0.39, 0.29) is 47.3 Å². The molecule has 3 aromatic rings. The summed E-state index contributed by atoms with van der Waals surface area (Å²) in [7, 11) is 0.870. The van der Waals surface area contributed by atoms with Crippen LogP contribution in [-0.4, -0.2) is 180 Å². The number of nitrogens with zero attached hydrogens (tertiary/aromatic N) is 1. The van der Waals surface area contributed by atoms with Crippen LogP contribution in [0.2, 0.25) is 0 Å². The van der Waals surface area contributed by atoms with Gasteiger partial charge in [0.25, 0.3) is 5.91 Å². The van der Waals surface area contributed by atoms with Crippen molar-refractivity contribution in [2.24, 2.45) is 16.7 Å². The lowest BCUT2D eigenvalue weighted by Crippen LogP contribution is -2.82. The highest BCUT2D eigenvalue weighted by molar-refractivity contribution is 7.47. The third kappa shape index (κ3) is 27.3. The Morgan fingerprint density at radius 2 is 1.16 bits per heavy atom. The molecule has 1 unspecified atom stereocenters. The second-order valence-electron chi connectivity index (χ2n) is 33.8. The largest absolute Gasteiger partial charge is 0.472 e. The van der Waals surface area contributed by atoms with Gasteiger partial charge in [-0.25, -0.2) is 14.2 Å². The number of ketones is 1. The van der Waals surface area contributed by atoms with E-state index in [4.69, 9.17) is 42.2 Å². The van der Waals surface area contributed by atoms with Crippen molar-refractivity contribution >= 4 is 61.2 Å². The summed E-state index contributed by atoms with van der Waals surface area (Å²) in [5, 5.41) is 32.6. The maximum absolute atomic E-state index is 16.1. The molecule has 4 aliphatic rings. The SMILES string of the molecule is CCCCCCCCCCCCC/C=C/[C@@H](OC(=O)CCC(=O)O[C@@H](C(=O)O[C@H]1C[C@@]2(O)[C@@H](OC(=O)c3ccccc3)[C@@H]3[C@]4(OC(C)=O)CO[C@@H]4C[C@H](O)[C@@]3(C)C(=O)[C@H](OC(C)=O)C(=C1C)C2(C)C)[C@@H](NC(=O)c1ccccc1)c1ccccc1)[C@H](COP(=O)(O)OCC[N+](C)(C)C)NC(=O)CCCCCCCCCCCCCCC. The van der Waals surface area contributed by atoms with Crippen molar-refractivity contribution in [2.75, 3.05) is 47.5 Å². The number of carbonyl (C=O) groups is 9. The molecule has 1 aliphatic heterocycles. The van der Waals surface area contributed by atoms with Gasteiger partial charge in [-0.1, -0.05) is 242 Å². The zero-order valence-electron chi connectivity index (χ0n) is 70.6. The van der Waals surface area contributed by atoms with Crippen LogP contribution in [0, 0.1) is 16.7 Å². The number of hydrogen-bond donors (Lipinski definition) is 5. The van der Waals surface area contributed by atoms with Crippen molar-refractivity contribution in [1.82, 2.24) is 10.6 Å². The summed E-state index contributed by atoms with van der Waals surface area (Å²) in [6.07, 6.45) is 16.1. The average molecular weight is 1640 g/mol. The van der Waals surface area contributed by atoms with Gasteiger partial charge in [-0.2, -0.15) is 0 Å². The molecule has 116 heavy (non-hydrogen) atoms. The highest BCUT2D eigenvalue weighted by Crippen LogP contribution is 2.65. The monoisotopic (exact) mass is 1640 g/mol. The number of aliphatic hydroxyl groups is 2. The van der Waals surface area contributed by atoms with E-state index < -0.39 is 176 Å². The molecule has 2 saturated carbocycles. The summed E-state index contributed by atoms with van der Waals surface area (Å²) in [5.41, 5.74) is -8.25. The number of hydrogen-bond acceptors (Lipinski definition) is 21. The Morgan fingerprint density at radius 1 is 0.647 bits per heavy atom. The van der Waals surface area contributed by atoms with Crippen LogP contribution >= 0.6 is 7.82 Å². The van der Waals surface area contributed by atoms with Gasteiger partial charge >= 0.3 is 43.6 Å². The average Bonchev–Trinajstić information content (AvgIpc) is 0.668. The van der Waals surface area contributed by atoms with Crippen molar-refractivity contribution < 1.29 is 110 Å². The Kier molecular flexibility index (Phi) is 38.1. The molecule has 0 aromatic heterocycles. The number of carbonyl (C=O) groups excluding carboxylic acids is 9. The minimum Gasteiger partial charge on any atom is -0.456 e. The predicted molar refractivity (Wildman–Crippen MR) is 438 cm³/mol. The van der Waals surface area contributed by atoms with E-state index in [2.05, 4.69) is 24.5 Å². The minimum atomic E-state index is -4.79. The Bertz CT molecular complexity index is 3770. The van der Waals surface area contributed by atoms with Gasteiger partial charge in [0.1, 0.15) is 49.2 Å². The summed E-state index contributed by atoms with van der Waals surface area (Å²) in [4.78, 5) is 143. The number of phosphoric acid groups is 1. The third-order valence-electron chi connectivity index (χ3n) is 23.5. The van der Waals surface area contributed by atoms with Crippen LogP contribution in [0.1, 0.15) is 280 Å². The first kappa shape index (κ1) is 95.7. The van der Waals surface area contributed by atoms with Crippen LogP contribution in [0.15, 0.2) is 114 Å². The highest BCUT2D eigenvalue weighted by Gasteiger charge is 2.78. The zero-order chi connectivity index (χ0) is 84.7. The second-order valence-corrected chi connectivity index (χ2v) is 35.3. The topological polar surface area (TPSA) is 339 Å². The number of aliphatic hydroxyl groups excluding tert-OH is 1. The summed E-state index contributed by atoms with van der Waals surface area (Å²) in [6, 6.07) is 20.8. The Hall–Kier alpha value is -7.48. The van der Waals surface area contributed by atoms with E-state index in [0.717, 1.165) is 78.1 Å². The number of fused-ring (bicyclic) bond motifs is 5. The summed E-state index contributed by atoms with van der Waals surface area (Å²) in [5.74, 6) is -10.2. The number of benzene rings is 3. The van der Waals surface area contributed by atoms with E-state index >= 15 is 9.59 Å². The van der Waals surface area contributed by atoms with Gasteiger partial charge in [0.05, 0.1) is 76.2 Å². The van der Waals surface area contributed by atoms with Crippen molar-refractivity contribution in [3.05, 3.63) is 131 Å². The molecule has 3 aliphatic carbocycles. The quantitative estimate of drug-likeness (QED) is 0.00875. The molecule has 3 aromatic carbocycles. The molecule has 2 amide bonds. The van der Waals surface area contributed by atoms with E-state index in [1.54, 1.807) is 72.8 Å². The first-order valence-electron chi connectivity index (χ1n) is 42.5. The van der Waals surface area contributed by atoms with Gasteiger partial charge in [-0.3, -0.25) is 42.6 Å². The number of phosphoric ester groups is 1. The molecular weight excluding hydrogens is 1510 g/mol. The number of nitrogens with one attached hydrogen (secondary N) is 2. The van der Waals surface area contributed by atoms with Gasteiger partial charge in [-0.15, -0.1) is 0 Å². The molecule has 25 nitrogen and oxygen atoms in total. The van der Waals surface area contributed by atoms with Crippen LogP contribution in [0.5, 0.6) is 0 Å². The lowest BCUT2D eigenvalue weighted by molar-refractivity contribution is -0.870. The number of quaternary nitrogens is 1. The number of esters is 6. The van der Waals surface area contributed by atoms with Crippen LogP contribution in [0.4, 0.5) is 0 Å². The smallest absolute Gasteiger partial charge is 0.456 e. The van der Waals surface area contributed by atoms with Crippen molar-refractivity contribution in [3.63, 3.8) is 0 Å². The van der Waals surface area contributed by atoms with E-state index in [9.17, 15) is 53.2 Å². The molecule has 644 valence electrons. The molecule has 3 fully saturated rings.